The van der Waals surface area contributed by atoms with Gasteiger partial charge in [-0.2, -0.15) is 4.98 Å². The molecule has 2 heterocycles. The normalized spacial score (nSPS) is 10.6. The second-order valence-electron chi connectivity index (χ2n) is 2.96. The average molecular weight is 178 g/mol. The second-order valence-corrected chi connectivity index (χ2v) is 2.96. The van der Waals surface area contributed by atoms with Crippen molar-refractivity contribution in [3.8, 4) is 5.88 Å². The summed E-state index contributed by atoms with van der Waals surface area (Å²) in [5, 5.41) is 9.44. The smallest absolute Gasteiger partial charge is 0.240 e. The first kappa shape index (κ1) is 7.85. The Bertz CT molecular complexity index is 435. The summed E-state index contributed by atoms with van der Waals surface area (Å²) >= 11 is 0. The van der Waals surface area contributed by atoms with Crippen LogP contribution in [0.15, 0.2) is 18.6 Å². The molecule has 0 saturated carbocycles. The Morgan fingerprint density at radius 1 is 1.46 bits per heavy atom. The number of nitrogens with zero attached hydrogens (tertiary/aromatic N) is 4. The van der Waals surface area contributed by atoms with E-state index in [1.54, 1.807) is 23.0 Å². The van der Waals surface area contributed by atoms with E-state index in [9.17, 15) is 5.11 Å². The fourth-order valence-corrected chi connectivity index (χ4v) is 1.22. The molecule has 0 atom stereocenters. The number of fused-ring (bicyclic) bond motifs is 1. The van der Waals surface area contributed by atoms with E-state index in [1.165, 1.54) is 0 Å². The molecule has 2 aromatic heterocycles. The molecule has 2 aromatic rings. The third kappa shape index (κ3) is 1.09. The van der Waals surface area contributed by atoms with E-state index >= 15 is 0 Å². The van der Waals surface area contributed by atoms with Crippen LogP contribution < -0.4 is 4.90 Å². The number of hydrogen-bond acceptors (Lipinski definition) is 4. The first-order chi connectivity index (χ1) is 6.20. The lowest BCUT2D eigenvalue weighted by molar-refractivity contribution is 0.462. The van der Waals surface area contributed by atoms with Gasteiger partial charge in [0.25, 0.3) is 0 Å². The van der Waals surface area contributed by atoms with E-state index in [1.807, 2.05) is 19.0 Å². The van der Waals surface area contributed by atoms with Crippen LogP contribution in [0.4, 0.5) is 5.95 Å². The van der Waals surface area contributed by atoms with Gasteiger partial charge in [0.05, 0.1) is 6.20 Å². The van der Waals surface area contributed by atoms with Crippen molar-refractivity contribution in [1.29, 1.82) is 0 Å². The van der Waals surface area contributed by atoms with Gasteiger partial charge >= 0.3 is 0 Å². The third-order valence-corrected chi connectivity index (χ3v) is 1.81. The Morgan fingerprint density at radius 2 is 2.23 bits per heavy atom. The highest BCUT2D eigenvalue weighted by atomic mass is 16.3. The Balaban J connectivity index is 2.78. The minimum atomic E-state index is 0.0109. The monoisotopic (exact) mass is 178 g/mol. The SMILES string of the molecule is CN(C)c1nc(O)c2cnccn12. The maximum Gasteiger partial charge on any atom is 0.240 e. The first-order valence-electron chi connectivity index (χ1n) is 3.88. The van der Waals surface area contributed by atoms with Crippen LogP contribution >= 0.6 is 0 Å². The average Bonchev–Trinajstić information content (AvgIpc) is 2.45. The molecule has 0 bridgehead atoms. The fraction of sp³-hybridized carbons (Fsp3) is 0.250. The van der Waals surface area contributed by atoms with Crippen LogP contribution in [0.5, 0.6) is 5.88 Å². The maximum atomic E-state index is 9.44. The predicted octanol–water partition coefficient (Wildman–Crippen LogP) is 0.501. The van der Waals surface area contributed by atoms with Crippen molar-refractivity contribution < 1.29 is 5.11 Å². The van der Waals surface area contributed by atoms with E-state index in [0.29, 0.717) is 11.5 Å². The summed E-state index contributed by atoms with van der Waals surface area (Å²) in [6.45, 7) is 0. The fourth-order valence-electron chi connectivity index (χ4n) is 1.22. The predicted molar refractivity (Wildman–Crippen MR) is 49.0 cm³/mol. The molecule has 0 unspecified atom stereocenters. The van der Waals surface area contributed by atoms with Gasteiger partial charge in [0, 0.05) is 26.5 Å². The molecule has 0 aliphatic rings. The van der Waals surface area contributed by atoms with Crippen molar-refractivity contribution in [2.45, 2.75) is 0 Å². The number of aromatic hydroxyl groups is 1. The summed E-state index contributed by atoms with van der Waals surface area (Å²) in [6.07, 6.45) is 4.99. The van der Waals surface area contributed by atoms with E-state index < -0.39 is 0 Å². The van der Waals surface area contributed by atoms with Gasteiger partial charge in [0.1, 0.15) is 5.52 Å². The van der Waals surface area contributed by atoms with Gasteiger partial charge in [-0.1, -0.05) is 0 Å². The molecule has 13 heavy (non-hydrogen) atoms. The number of aromatic nitrogens is 3. The molecule has 0 aliphatic carbocycles. The Hall–Kier alpha value is -1.78. The van der Waals surface area contributed by atoms with Crippen molar-refractivity contribution in [3.63, 3.8) is 0 Å². The van der Waals surface area contributed by atoms with Crippen LogP contribution in [0.1, 0.15) is 0 Å². The maximum absolute atomic E-state index is 9.44. The summed E-state index contributed by atoms with van der Waals surface area (Å²) in [4.78, 5) is 9.73. The molecule has 0 aliphatic heterocycles. The zero-order chi connectivity index (χ0) is 9.42. The highest BCUT2D eigenvalue weighted by Crippen LogP contribution is 2.21. The van der Waals surface area contributed by atoms with E-state index in [4.69, 9.17) is 0 Å². The third-order valence-electron chi connectivity index (χ3n) is 1.81. The van der Waals surface area contributed by atoms with Crippen LogP contribution in [0, 0.1) is 0 Å². The van der Waals surface area contributed by atoms with E-state index in [0.717, 1.165) is 0 Å². The van der Waals surface area contributed by atoms with Crippen LogP contribution in [-0.2, 0) is 0 Å². The van der Waals surface area contributed by atoms with Gasteiger partial charge in [-0.05, 0) is 0 Å². The van der Waals surface area contributed by atoms with Crippen molar-refractivity contribution in [1.82, 2.24) is 14.4 Å². The quantitative estimate of drug-likeness (QED) is 0.691. The van der Waals surface area contributed by atoms with Gasteiger partial charge < -0.3 is 10.0 Å². The molecule has 0 spiro atoms. The Labute approximate surface area is 75.3 Å². The molecule has 2 rings (SSSR count). The lowest BCUT2D eigenvalue weighted by Gasteiger charge is -2.08. The molecule has 0 amide bonds. The Morgan fingerprint density at radius 3 is 2.92 bits per heavy atom. The zero-order valence-electron chi connectivity index (χ0n) is 7.47. The van der Waals surface area contributed by atoms with Crippen LogP contribution in [0.25, 0.3) is 5.52 Å². The molecule has 0 aromatic carbocycles. The standard InChI is InChI=1S/C8H10N4O/c1-11(2)8-10-7(13)6-5-9-3-4-12(6)8/h3-5,13H,1-2H3. The molecule has 0 saturated heterocycles. The Kier molecular flexibility index (Phi) is 1.58. The minimum absolute atomic E-state index is 0.0109. The summed E-state index contributed by atoms with van der Waals surface area (Å²) in [5.41, 5.74) is 0.617. The highest BCUT2D eigenvalue weighted by Gasteiger charge is 2.10. The highest BCUT2D eigenvalue weighted by molar-refractivity contribution is 5.60. The van der Waals surface area contributed by atoms with Crippen molar-refractivity contribution in [2.75, 3.05) is 19.0 Å². The summed E-state index contributed by atoms with van der Waals surface area (Å²) in [5.74, 6) is 0.701. The number of rotatable bonds is 1. The molecule has 5 heteroatoms. The van der Waals surface area contributed by atoms with Crippen LogP contribution in [0.2, 0.25) is 0 Å². The number of anilines is 1. The number of imidazole rings is 1. The van der Waals surface area contributed by atoms with Crippen molar-refractivity contribution in [3.05, 3.63) is 18.6 Å². The second kappa shape index (κ2) is 2.62. The van der Waals surface area contributed by atoms with Crippen LogP contribution in [0.3, 0.4) is 0 Å². The van der Waals surface area contributed by atoms with Gasteiger partial charge in [0.15, 0.2) is 0 Å². The number of hydrogen-bond donors (Lipinski definition) is 1. The van der Waals surface area contributed by atoms with Gasteiger partial charge in [0.2, 0.25) is 11.8 Å². The lowest BCUT2D eigenvalue weighted by Crippen LogP contribution is -2.12. The molecule has 0 radical (unpaired) electrons. The van der Waals surface area contributed by atoms with Gasteiger partial charge in [-0.25, -0.2) is 0 Å². The first-order valence-corrected chi connectivity index (χ1v) is 3.88. The summed E-state index contributed by atoms with van der Waals surface area (Å²) in [6, 6.07) is 0. The topological polar surface area (TPSA) is 53.7 Å². The summed E-state index contributed by atoms with van der Waals surface area (Å²) in [7, 11) is 3.74. The lowest BCUT2D eigenvalue weighted by atomic mass is 10.5. The molecule has 5 nitrogen and oxygen atoms in total. The molecular weight excluding hydrogens is 168 g/mol. The molecule has 68 valence electrons. The van der Waals surface area contributed by atoms with E-state index in [-0.39, 0.29) is 5.88 Å². The largest absolute Gasteiger partial charge is 0.492 e. The molecular formula is C8H10N4O. The van der Waals surface area contributed by atoms with E-state index in [2.05, 4.69) is 9.97 Å². The molecule has 1 N–H and O–H groups in total. The van der Waals surface area contributed by atoms with Gasteiger partial charge in [-0.3, -0.25) is 9.38 Å². The minimum Gasteiger partial charge on any atom is -0.492 e. The van der Waals surface area contributed by atoms with Crippen LogP contribution in [-0.4, -0.2) is 33.6 Å². The van der Waals surface area contributed by atoms with Crippen molar-refractivity contribution in [2.24, 2.45) is 0 Å². The molecule has 0 fully saturated rings. The van der Waals surface area contributed by atoms with Gasteiger partial charge in [-0.15, -0.1) is 0 Å². The van der Waals surface area contributed by atoms with Crippen molar-refractivity contribution >= 4 is 11.5 Å². The zero-order valence-corrected chi connectivity index (χ0v) is 7.47. The summed E-state index contributed by atoms with van der Waals surface area (Å²) < 4.78 is 1.78.